The second-order valence-electron chi connectivity index (χ2n) is 5.05. The van der Waals surface area contributed by atoms with Gasteiger partial charge in [-0.15, -0.1) is 0 Å². The molecule has 104 valence electrons. The van der Waals surface area contributed by atoms with E-state index in [-0.39, 0.29) is 11.9 Å². The lowest BCUT2D eigenvalue weighted by Gasteiger charge is -2.14. The third-order valence-electron chi connectivity index (χ3n) is 3.73. The topological polar surface area (TPSA) is 12.0 Å². The Morgan fingerprint density at radius 3 is 2.85 bits per heavy atom. The third kappa shape index (κ3) is 2.69. The van der Waals surface area contributed by atoms with Crippen LogP contribution in [0.15, 0.2) is 36.4 Å². The van der Waals surface area contributed by atoms with Gasteiger partial charge in [0, 0.05) is 23.2 Å². The van der Waals surface area contributed by atoms with Gasteiger partial charge in [-0.05, 0) is 54.3 Å². The highest BCUT2D eigenvalue weighted by Gasteiger charge is 2.22. The van der Waals surface area contributed by atoms with Crippen LogP contribution in [0.2, 0.25) is 5.02 Å². The van der Waals surface area contributed by atoms with Crippen LogP contribution in [0.1, 0.15) is 29.2 Å². The largest absolute Gasteiger partial charge is 0.306 e. The maximum Gasteiger partial charge on any atom is 0.127 e. The van der Waals surface area contributed by atoms with Crippen molar-refractivity contribution in [2.75, 3.05) is 0 Å². The molecule has 0 saturated carbocycles. The first-order chi connectivity index (χ1) is 9.63. The number of hydrogen-bond acceptors (Lipinski definition) is 1. The summed E-state index contributed by atoms with van der Waals surface area (Å²) >= 11 is 5.97. The van der Waals surface area contributed by atoms with Crippen molar-refractivity contribution in [2.45, 2.75) is 25.4 Å². The summed E-state index contributed by atoms with van der Waals surface area (Å²) in [7, 11) is 0. The van der Waals surface area contributed by atoms with Crippen molar-refractivity contribution in [3.8, 4) is 0 Å². The molecule has 0 spiro atoms. The number of hydrogen-bond donors (Lipinski definition) is 1. The van der Waals surface area contributed by atoms with E-state index in [0.29, 0.717) is 12.1 Å². The lowest BCUT2D eigenvalue weighted by molar-refractivity contribution is 0.509. The molecule has 0 bridgehead atoms. The van der Waals surface area contributed by atoms with Crippen LogP contribution < -0.4 is 5.32 Å². The number of benzene rings is 2. The molecule has 3 rings (SSSR count). The van der Waals surface area contributed by atoms with Crippen molar-refractivity contribution in [1.29, 1.82) is 0 Å². The Morgan fingerprint density at radius 1 is 1.15 bits per heavy atom. The molecule has 2 aromatic rings. The summed E-state index contributed by atoms with van der Waals surface area (Å²) in [5.74, 6) is -0.796. The second-order valence-corrected chi connectivity index (χ2v) is 5.49. The maximum absolute atomic E-state index is 13.6. The molecule has 1 nitrogen and oxygen atoms in total. The van der Waals surface area contributed by atoms with E-state index in [1.807, 2.05) is 18.2 Å². The van der Waals surface area contributed by atoms with Gasteiger partial charge in [0.25, 0.3) is 0 Å². The zero-order chi connectivity index (χ0) is 14.1. The van der Waals surface area contributed by atoms with Gasteiger partial charge in [-0.1, -0.05) is 17.7 Å². The van der Waals surface area contributed by atoms with Crippen LogP contribution >= 0.6 is 11.6 Å². The summed E-state index contributed by atoms with van der Waals surface area (Å²) in [6, 6.07) is 9.54. The van der Waals surface area contributed by atoms with Gasteiger partial charge in [0.15, 0.2) is 0 Å². The van der Waals surface area contributed by atoms with Gasteiger partial charge in [-0.3, -0.25) is 0 Å². The minimum Gasteiger partial charge on any atom is -0.306 e. The summed E-state index contributed by atoms with van der Waals surface area (Å²) < 4.78 is 26.7. The number of aryl methyl sites for hydroxylation is 1. The van der Waals surface area contributed by atoms with E-state index in [0.717, 1.165) is 30.0 Å². The van der Waals surface area contributed by atoms with E-state index < -0.39 is 5.82 Å². The van der Waals surface area contributed by atoms with Crippen LogP contribution in [-0.4, -0.2) is 0 Å². The number of nitrogens with one attached hydrogen (secondary N) is 1. The van der Waals surface area contributed by atoms with Crippen LogP contribution in [0.4, 0.5) is 8.78 Å². The normalized spacial score (nSPS) is 17.2. The molecule has 0 amide bonds. The summed E-state index contributed by atoms with van der Waals surface area (Å²) in [6.07, 6.45) is 1.91. The molecule has 0 fully saturated rings. The molecule has 1 atom stereocenters. The van der Waals surface area contributed by atoms with Gasteiger partial charge >= 0.3 is 0 Å². The molecular formula is C16H14ClF2N. The molecule has 0 aliphatic heterocycles. The summed E-state index contributed by atoms with van der Waals surface area (Å²) in [5.41, 5.74) is 2.79. The SMILES string of the molecule is Fc1ccc(F)c(CNC2CCc3cc(Cl)ccc32)c1. The van der Waals surface area contributed by atoms with E-state index in [1.54, 1.807) is 0 Å². The van der Waals surface area contributed by atoms with Gasteiger partial charge in [-0.2, -0.15) is 0 Å². The lowest BCUT2D eigenvalue weighted by Crippen LogP contribution is -2.19. The van der Waals surface area contributed by atoms with Crippen LogP contribution in [0.25, 0.3) is 0 Å². The first kappa shape index (κ1) is 13.5. The first-order valence-corrected chi connectivity index (χ1v) is 6.97. The zero-order valence-corrected chi connectivity index (χ0v) is 11.6. The molecule has 1 N–H and O–H groups in total. The van der Waals surface area contributed by atoms with Gasteiger partial charge in [0.05, 0.1) is 0 Å². The number of fused-ring (bicyclic) bond motifs is 1. The highest BCUT2D eigenvalue weighted by Crippen LogP contribution is 2.33. The van der Waals surface area contributed by atoms with Crippen molar-refractivity contribution in [3.05, 3.63) is 69.7 Å². The minimum absolute atomic E-state index is 0.171. The van der Waals surface area contributed by atoms with E-state index in [2.05, 4.69) is 5.32 Å². The fourth-order valence-corrected chi connectivity index (χ4v) is 2.90. The molecule has 0 heterocycles. The Bertz CT molecular complexity index is 642. The van der Waals surface area contributed by atoms with Crippen LogP contribution in [0.3, 0.4) is 0 Å². The summed E-state index contributed by atoms with van der Waals surface area (Å²) in [6.45, 7) is 0.316. The molecule has 1 aliphatic carbocycles. The third-order valence-corrected chi connectivity index (χ3v) is 3.96. The molecule has 0 aromatic heterocycles. The fraction of sp³-hybridized carbons (Fsp3) is 0.250. The Hall–Kier alpha value is -1.45. The van der Waals surface area contributed by atoms with Crippen LogP contribution in [0.5, 0.6) is 0 Å². The van der Waals surface area contributed by atoms with Gasteiger partial charge in [-0.25, -0.2) is 8.78 Å². The van der Waals surface area contributed by atoms with Gasteiger partial charge in [0.1, 0.15) is 11.6 Å². The number of halogens is 3. The second kappa shape index (κ2) is 5.51. The highest BCUT2D eigenvalue weighted by atomic mass is 35.5. The molecule has 4 heteroatoms. The van der Waals surface area contributed by atoms with Crippen molar-refractivity contribution in [3.63, 3.8) is 0 Å². The molecule has 1 aliphatic rings. The lowest BCUT2D eigenvalue weighted by atomic mass is 10.1. The average Bonchev–Trinajstić information content (AvgIpc) is 2.82. The Morgan fingerprint density at radius 2 is 2.00 bits per heavy atom. The van der Waals surface area contributed by atoms with E-state index in [4.69, 9.17) is 11.6 Å². The fourth-order valence-electron chi connectivity index (χ4n) is 2.71. The van der Waals surface area contributed by atoms with Crippen molar-refractivity contribution < 1.29 is 8.78 Å². The Labute approximate surface area is 121 Å². The quantitative estimate of drug-likeness (QED) is 0.885. The molecule has 1 unspecified atom stereocenters. The van der Waals surface area contributed by atoms with Crippen LogP contribution in [0, 0.1) is 11.6 Å². The Kier molecular flexibility index (Phi) is 3.72. The molecule has 0 saturated heterocycles. The van der Waals surface area contributed by atoms with Crippen LogP contribution in [-0.2, 0) is 13.0 Å². The molecule has 20 heavy (non-hydrogen) atoms. The molecule has 2 aromatic carbocycles. The molecular weight excluding hydrogens is 280 g/mol. The van der Waals surface area contributed by atoms with Crippen molar-refractivity contribution in [2.24, 2.45) is 0 Å². The van der Waals surface area contributed by atoms with Crippen molar-refractivity contribution in [1.82, 2.24) is 5.32 Å². The Balaban J connectivity index is 1.73. The predicted molar refractivity (Wildman–Crippen MR) is 75.7 cm³/mol. The summed E-state index contributed by atoms with van der Waals surface area (Å²) in [5, 5.41) is 4.03. The zero-order valence-electron chi connectivity index (χ0n) is 10.8. The maximum atomic E-state index is 13.6. The van der Waals surface area contributed by atoms with Gasteiger partial charge in [0.2, 0.25) is 0 Å². The molecule has 0 radical (unpaired) electrons. The smallest absolute Gasteiger partial charge is 0.127 e. The van der Waals surface area contributed by atoms with E-state index in [1.165, 1.54) is 17.2 Å². The van der Waals surface area contributed by atoms with E-state index >= 15 is 0 Å². The van der Waals surface area contributed by atoms with Gasteiger partial charge < -0.3 is 5.32 Å². The number of rotatable bonds is 3. The highest BCUT2D eigenvalue weighted by molar-refractivity contribution is 6.30. The first-order valence-electron chi connectivity index (χ1n) is 6.59. The average molecular weight is 294 g/mol. The standard InChI is InChI=1S/C16H14ClF2N/c17-12-2-4-14-10(7-12)1-6-16(14)20-9-11-8-13(18)3-5-15(11)19/h2-5,7-8,16,20H,1,6,9H2. The minimum atomic E-state index is -0.415. The van der Waals surface area contributed by atoms with E-state index in [9.17, 15) is 8.78 Å². The summed E-state index contributed by atoms with van der Waals surface area (Å²) in [4.78, 5) is 0. The van der Waals surface area contributed by atoms with Crippen molar-refractivity contribution >= 4 is 11.6 Å². The predicted octanol–water partition coefficient (Wildman–Crippen LogP) is 4.40. The monoisotopic (exact) mass is 293 g/mol.